The van der Waals surface area contributed by atoms with Crippen LogP contribution in [0.4, 0.5) is 5.69 Å². The minimum Gasteiger partial charge on any atom is -0.353 e. The number of non-ortho nitro benzene ring substituents is 1. The van der Waals surface area contributed by atoms with E-state index in [-0.39, 0.29) is 24.2 Å². The van der Waals surface area contributed by atoms with E-state index >= 15 is 0 Å². The van der Waals surface area contributed by atoms with Crippen LogP contribution in [0.3, 0.4) is 0 Å². The van der Waals surface area contributed by atoms with Crippen LogP contribution in [-0.2, 0) is 11.3 Å². The Morgan fingerprint density at radius 1 is 1.35 bits per heavy atom. The Bertz CT molecular complexity index is 445. The molecule has 1 atom stereocenters. The maximum Gasteiger partial charge on any atom is 0.269 e. The van der Waals surface area contributed by atoms with Crippen molar-refractivity contribution < 1.29 is 9.72 Å². The van der Waals surface area contributed by atoms with Gasteiger partial charge in [-0.15, -0.1) is 0 Å². The number of nitro benzene ring substituents is 1. The van der Waals surface area contributed by atoms with Crippen molar-refractivity contribution in [3.05, 3.63) is 39.9 Å². The highest BCUT2D eigenvalue weighted by Crippen LogP contribution is 2.11. The van der Waals surface area contributed by atoms with E-state index in [1.807, 2.05) is 6.92 Å². The summed E-state index contributed by atoms with van der Waals surface area (Å²) in [5.74, 6) is -0.0344. The van der Waals surface area contributed by atoms with Gasteiger partial charge in [-0.3, -0.25) is 14.9 Å². The second-order valence-corrected chi connectivity index (χ2v) is 4.78. The van der Waals surface area contributed by atoms with Gasteiger partial charge in [0.25, 0.3) is 5.69 Å². The Labute approximate surface area is 118 Å². The standard InChI is InChI=1S/C14H21N3O3/c1-3-4-11(2)16-14(18)10-15-9-12-5-7-13(8-6-12)17(19)20/h5-8,11,15H,3-4,9-10H2,1-2H3,(H,16,18). The van der Waals surface area contributed by atoms with Crippen LogP contribution in [0.2, 0.25) is 0 Å². The molecule has 1 rings (SSSR count). The first kappa shape index (κ1) is 16.1. The van der Waals surface area contributed by atoms with Gasteiger partial charge in [0.2, 0.25) is 5.91 Å². The van der Waals surface area contributed by atoms with E-state index in [1.54, 1.807) is 12.1 Å². The summed E-state index contributed by atoms with van der Waals surface area (Å²) in [7, 11) is 0. The summed E-state index contributed by atoms with van der Waals surface area (Å²) in [6.45, 7) is 4.81. The van der Waals surface area contributed by atoms with Gasteiger partial charge >= 0.3 is 0 Å². The molecule has 0 spiro atoms. The predicted octanol–water partition coefficient (Wildman–Crippen LogP) is 1.99. The van der Waals surface area contributed by atoms with Gasteiger partial charge in [0.15, 0.2) is 0 Å². The third-order valence-corrected chi connectivity index (χ3v) is 2.89. The van der Waals surface area contributed by atoms with Crippen LogP contribution in [0.1, 0.15) is 32.3 Å². The van der Waals surface area contributed by atoms with Gasteiger partial charge in [0.05, 0.1) is 11.5 Å². The average molecular weight is 279 g/mol. The molecule has 0 radical (unpaired) electrons. The number of nitrogens with one attached hydrogen (secondary N) is 2. The molecule has 1 amide bonds. The fourth-order valence-electron chi connectivity index (χ4n) is 1.89. The number of nitrogens with zero attached hydrogens (tertiary/aromatic N) is 1. The second kappa shape index (κ2) is 8.27. The highest BCUT2D eigenvalue weighted by atomic mass is 16.6. The molecule has 0 aliphatic heterocycles. The number of benzene rings is 1. The minimum atomic E-state index is -0.431. The fourth-order valence-corrected chi connectivity index (χ4v) is 1.89. The highest BCUT2D eigenvalue weighted by molar-refractivity contribution is 5.78. The second-order valence-electron chi connectivity index (χ2n) is 4.78. The van der Waals surface area contributed by atoms with E-state index < -0.39 is 4.92 Å². The third kappa shape index (κ3) is 5.79. The number of hydrogen-bond acceptors (Lipinski definition) is 4. The molecule has 6 nitrogen and oxygen atoms in total. The summed E-state index contributed by atoms with van der Waals surface area (Å²) in [6, 6.07) is 6.47. The molecule has 1 unspecified atom stereocenters. The molecule has 1 aromatic rings. The van der Waals surface area contributed by atoms with Gasteiger partial charge in [-0.25, -0.2) is 0 Å². The van der Waals surface area contributed by atoms with Crippen molar-refractivity contribution in [3.8, 4) is 0 Å². The van der Waals surface area contributed by atoms with Gasteiger partial charge in [0.1, 0.15) is 0 Å². The first-order chi connectivity index (χ1) is 9.52. The Kier molecular flexibility index (Phi) is 6.66. The lowest BCUT2D eigenvalue weighted by Gasteiger charge is -2.13. The molecule has 0 aliphatic rings. The largest absolute Gasteiger partial charge is 0.353 e. The topological polar surface area (TPSA) is 84.3 Å². The molecular formula is C14H21N3O3. The zero-order chi connectivity index (χ0) is 15.0. The van der Waals surface area contributed by atoms with Crippen molar-refractivity contribution >= 4 is 11.6 Å². The van der Waals surface area contributed by atoms with Crippen LogP contribution in [0, 0.1) is 10.1 Å². The first-order valence-corrected chi connectivity index (χ1v) is 6.76. The lowest BCUT2D eigenvalue weighted by atomic mass is 10.2. The van der Waals surface area contributed by atoms with E-state index in [9.17, 15) is 14.9 Å². The molecule has 0 aliphatic carbocycles. The van der Waals surface area contributed by atoms with Crippen molar-refractivity contribution in [1.29, 1.82) is 0 Å². The zero-order valence-corrected chi connectivity index (χ0v) is 11.9. The summed E-state index contributed by atoms with van der Waals surface area (Å²) in [5, 5.41) is 16.4. The van der Waals surface area contributed by atoms with Crippen molar-refractivity contribution in [3.63, 3.8) is 0 Å². The molecule has 1 aromatic carbocycles. The molecule has 20 heavy (non-hydrogen) atoms. The van der Waals surface area contributed by atoms with Crippen molar-refractivity contribution in [1.82, 2.24) is 10.6 Å². The van der Waals surface area contributed by atoms with Gasteiger partial charge in [-0.1, -0.05) is 25.5 Å². The van der Waals surface area contributed by atoms with Crippen molar-refractivity contribution in [2.24, 2.45) is 0 Å². The van der Waals surface area contributed by atoms with E-state index in [4.69, 9.17) is 0 Å². The SMILES string of the molecule is CCCC(C)NC(=O)CNCc1ccc([N+](=O)[O-])cc1. The molecule has 0 heterocycles. The molecule has 0 saturated heterocycles. The van der Waals surface area contributed by atoms with E-state index in [0.29, 0.717) is 6.54 Å². The smallest absolute Gasteiger partial charge is 0.269 e. The first-order valence-electron chi connectivity index (χ1n) is 6.76. The molecular weight excluding hydrogens is 258 g/mol. The van der Waals surface area contributed by atoms with Crippen molar-refractivity contribution in [2.75, 3.05) is 6.54 Å². The van der Waals surface area contributed by atoms with Crippen LogP contribution in [0.25, 0.3) is 0 Å². The van der Waals surface area contributed by atoms with Gasteiger partial charge in [-0.2, -0.15) is 0 Å². The number of hydrogen-bond donors (Lipinski definition) is 2. The summed E-state index contributed by atoms with van der Waals surface area (Å²) in [6.07, 6.45) is 2.01. The molecule has 0 bridgehead atoms. The lowest BCUT2D eigenvalue weighted by Crippen LogP contribution is -2.38. The summed E-state index contributed by atoms with van der Waals surface area (Å²) < 4.78 is 0. The maximum atomic E-state index is 11.6. The number of carbonyl (C=O) groups is 1. The maximum absolute atomic E-state index is 11.6. The number of nitro groups is 1. The summed E-state index contributed by atoms with van der Waals surface area (Å²) in [5.41, 5.74) is 0.977. The summed E-state index contributed by atoms with van der Waals surface area (Å²) in [4.78, 5) is 21.7. The lowest BCUT2D eigenvalue weighted by molar-refractivity contribution is -0.384. The van der Waals surface area contributed by atoms with Crippen LogP contribution < -0.4 is 10.6 Å². The molecule has 6 heteroatoms. The number of rotatable bonds is 8. The van der Waals surface area contributed by atoms with Crippen LogP contribution >= 0.6 is 0 Å². The van der Waals surface area contributed by atoms with Crippen molar-refractivity contribution in [2.45, 2.75) is 39.3 Å². The zero-order valence-electron chi connectivity index (χ0n) is 11.9. The molecule has 0 aromatic heterocycles. The number of carbonyl (C=O) groups excluding carboxylic acids is 1. The third-order valence-electron chi connectivity index (χ3n) is 2.89. The van der Waals surface area contributed by atoms with Crippen LogP contribution in [0.5, 0.6) is 0 Å². The van der Waals surface area contributed by atoms with E-state index in [2.05, 4.69) is 17.6 Å². The fraction of sp³-hybridized carbons (Fsp3) is 0.500. The Morgan fingerprint density at radius 2 is 2.00 bits per heavy atom. The quantitative estimate of drug-likeness (QED) is 0.563. The number of amides is 1. The Balaban J connectivity index is 2.30. The molecule has 110 valence electrons. The van der Waals surface area contributed by atoms with Gasteiger partial charge in [-0.05, 0) is 18.9 Å². The normalized spacial score (nSPS) is 11.9. The summed E-state index contributed by atoms with van der Waals surface area (Å²) >= 11 is 0. The predicted molar refractivity (Wildman–Crippen MR) is 77.3 cm³/mol. The highest BCUT2D eigenvalue weighted by Gasteiger charge is 2.06. The van der Waals surface area contributed by atoms with Crippen LogP contribution in [-0.4, -0.2) is 23.4 Å². The Morgan fingerprint density at radius 3 is 2.55 bits per heavy atom. The molecule has 0 saturated carbocycles. The van der Waals surface area contributed by atoms with Gasteiger partial charge < -0.3 is 10.6 Å². The monoisotopic (exact) mass is 279 g/mol. The Hall–Kier alpha value is -1.95. The van der Waals surface area contributed by atoms with Gasteiger partial charge in [0, 0.05) is 24.7 Å². The molecule has 2 N–H and O–H groups in total. The van der Waals surface area contributed by atoms with E-state index in [1.165, 1.54) is 12.1 Å². The van der Waals surface area contributed by atoms with E-state index in [0.717, 1.165) is 18.4 Å². The minimum absolute atomic E-state index is 0.0344. The van der Waals surface area contributed by atoms with Crippen LogP contribution in [0.15, 0.2) is 24.3 Å². The molecule has 0 fully saturated rings. The average Bonchev–Trinajstić information content (AvgIpc) is 2.39.